The molecule has 2 atom stereocenters. The third-order valence-electron chi connectivity index (χ3n) is 10.2. The fraction of sp³-hybridized carbons (Fsp3) is 0.634. The van der Waals surface area contributed by atoms with Crippen molar-refractivity contribution in [1.29, 1.82) is 0 Å². The van der Waals surface area contributed by atoms with Gasteiger partial charge in [-0.1, -0.05) is 18.6 Å². The predicted molar refractivity (Wildman–Crippen MR) is 222 cm³/mol. The zero-order valence-corrected chi connectivity index (χ0v) is 38.0. The number of urea groups is 1. The molecule has 24 heteroatoms. The largest absolute Gasteiger partial charge is 0.481 e. The number of nitrogens with zero attached hydrogens (tertiary/aromatic N) is 5. The molecule has 1 saturated heterocycles. The number of nitrogens with one attached hydrogen (secondary N) is 2. The summed E-state index contributed by atoms with van der Waals surface area (Å²) in [6.45, 7) is 5.79. The van der Waals surface area contributed by atoms with Crippen molar-refractivity contribution in [1.82, 2.24) is 35.1 Å². The van der Waals surface area contributed by atoms with Crippen LogP contribution in [0, 0.1) is 42.7 Å². The number of aliphatic carboxylic acids is 2. The monoisotopic (exact) mass is 1090 g/mol. The summed E-state index contributed by atoms with van der Waals surface area (Å²) in [5.41, 5.74) is 0.698. The number of carbonyl (C=O) groups excluding carboxylic acids is 7. The predicted octanol–water partition coefficient (Wildman–Crippen LogP) is 0.574. The molecule has 2 unspecified atom stereocenters. The quantitative estimate of drug-likeness (QED) is 0.0333. The maximum Gasteiger partial charge on any atom is 0.326 e. The van der Waals surface area contributed by atoms with Gasteiger partial charge in [-0.25, -0.2) is 14.0 Å². The Kier molecular flexibility index (Phi) is 32.1. The molecular weight excluding hydrogens is 1030 g/mol. The number of unbranched alkanes of at least 4 members (excludes halogenated alkanes) is 3. The molecule has 1 aliphatic rings. The molecule has 1 aliphatic heterocycles. The molecule has 65 heavy (non-hydrogen) atoms. The van der Waals surface area contributed by atoms with Gasteiger partial charge in [-0.15, -0.1) is 0 Å². The molecule has 0 aliphatic carbocycles. The first kappa shape index (κ1) is 58.5. The zero-order valence-electron chi connectivity index (χ0n) is 36.3. The molecule has 1 aromatic carbocycles. The first-order valence-corrected chi connectivity index (χ1v) is 21.1. The third-order valence-corrected chi connectivity index (χ3v) is 10.2. The van der Waals surface area contributed by atoms with Crippen LogP contribution in [0.1, 0.15) is 69.8 Å². The Morgan fingerprint density at radius 1 is 0.662 bits per heavy atom. The molecule has 0 bridgehead atoms. The van der Waals surface area contributed by atoms with Gasteiger partial charge in [-0.05, 0) is 49.8 Å². The first-order valence-electron chi connectivity index (χ1n) is 21.1. The first-order chi connectivity index (χ1) is 30.9. The fourth-order valence-corrected chi connectivity index (χ4v) is 6.64. The number of carboxylic acid groups (broad SMARTS) is 2. The van der Waals surface area contributed by atoms with Crippen molar-refractivity contribution in [3.8, 4) is 0 Å². The minimum atomic E-state index is -1.49. The number of benzene rings is 1. The van der Waals surface area contributed by atoms with E-state index < -0.39 is 42.5 Å². The molecule has 0 spiro atoms. The maximum atomic E-state index is 13.6. The number of halogens is 1. The minimum Gasteiger partial charge on any atom is -0.481 e. The molecule has 1 fully saturated rings. The molecule has 1 heterocycles. The number of carbonyl (C=O) groups is 9. The number of rotatable bonds is 32. The van der Waals surface area contributed by atoms with Gasteiger partial charge < -0.3 is 44.7 Å². The summed E-state index contributed by atoms with van der Waals surface area (Å²) in [5.74, 6) is -3.27. The van der Waals surface area contributed by atoms with Crippen LogP contribution in [0.2, 0.25) is 0 Å². The van der Waals surface area contributed by atoms with Crippen LogP contribution in [0.25, 0.3) is 0 Å². The van der Waals surface area contributed by atoms with Gasteiger partial charge in [0, 0.05) is 128 Å². The van der Waals surface area contributed by atoms with Crippen LogP contribution in [0.15, 0.2) is 24.3 Å². The van der Waals surface area contributed by atoms with E-state index in [2.05, 4.69) is 10.6 Å². The van der Waals surface area contributed by atoms with Gasteiger partial charge >= 0.3 is 18.0 Å². The number of amides is 3. The second-order valence-corrected chi connectivity index (χ2v) is 15.0. The Bertz CT molecular complexity index is 1570. The summed E-state index contributed by atoms with van der Waals surface area (Å²) >= 11 is 0. The van der Waals surface area contributed by atoms with E-state index in [9.17, 15) is 52.6 Å². The molecule has 1 aromatic rings. The van der Waals surface area contributed by atoms with Crippen LogP contribution in [0.5, 0.6) is 0 Å². The van der Waals surface area contributed by atoms with Crippen molar-refractivity contribution in [2.45, 2.75) is 83.0 Å². The molecule has 4 N–H and O–H groups in total. The normalized spacial score (nSPS) is 15.2. The minimum absolute atomic E-state index is 0. The van der Waals surface area contributed by atoms with Crippen LogP contribution in [0.3, 0.4) is 0 Å². The molecule has 373 valence electrons. The fourth-order valence-electron chi connectivity index (χ4n) is 6.64. The van der Waals surface area contributed by atoms with Crippen LogP contribution in [0.4, 0.5) is 9.18 Å². The Labute approximate surface area is 406 Å². The van der Waals surface area contributed by atoms with Gasteiger partial charge in [0.25, 0.3) is 25.9 Å². The van der Waals surface area contributed by atoms with Gasteiger partial charge in [-0.3, -0.25) is 53.2 Å². The van der Waals surface area contributed by atoms with E-state index in [1.165, 1.54) is 12.1 Å². The molecule has 1 radical (unpaired) electrons. The number of hydrogen-bond donors (Lipinski definition) is 4. The number of hydrogen-bond acceptors (Lipinski definition) is 17. The van der Waals surface area contributed by atoms with Gasteiger partial charge in [0.05, 0.1) is 6.54 Å². The average molecular weight is 1090 g/mol. The third kappa shape index (κ3) is 27.5. The van der Waals surface area contributed by atoms with Crippen molar-refractivity contribution in [2.75, 3.05) is 85.6 Å². The molecule has 3 amide bonds. The van der Waals surface area contributed by atoms with Crippen molar-refractivity contribution in [3.05, 3.63) is 35.6 Å². The average Bonchev–Trinajstić information content (AvgIpc) is 3.26. The van der Waals surface area contributed by atoms with Crippen molar-refractivity contribution >= 4 is 55.5 Å². The van der Waals surface area contributed by atoms with E-state index in [0.717, 1.165) is 0 Å². The second kappa shape index (κ2) is 35.7. The molecule has 22 nitrogen and oxygen atoms in total. The standard InChI is InChI=1S/C41H62FN7O15.Lu/c42-34-11-9-33(10-12-34)24-49(15-5-4-7-37(64-32-53)44-41(60)43-36(40(58)59)13-14-39(56)57)38(55)8-3-1-2-6-35(54)25-45-16-18-46(26-61-29-50)20-22-48(28-63-31-52)23-21-47(19-17-45)27-62-30-51;/h9-12,29-32,36-37H,1-8,13-28H2,(H,56,57)(H,58,59)(H2,43,44,60);/i42-1;1+2. The van der Waals surface area contributed by atoms with E-state index in [0.29, 0.717) is 109 Å². The number of Topliss-reactive ketones (excluding diaryl/α,β-unsaturated/α-hetero) is 1. The van der Waals surface area contributed by atoms with Crippen LogP contribution in [-0.4, -0.2) is 188 Å². The van der Waals surface area contributed by atoms with Crippen LogP contribution >= 0.6 is 0 Å². The Morgan fingerprint density at radius 3 is 1.68 bits per heavy atom. The van der Waals surface area contributed by atoms with Gasteiger partial charge in [-0.2, -0.15) is 0 Å². The number of carboxylic acids is 2. The van der Waals surface area contributed by atoms with Crippen molar-refractivity contribution < 1.29 is 114 Å². The van der Waals surface area contributed by atoms with Crippen molar-refractivity contribution in [2.24, 2.45) is 0 Å². The Balaban J connectivity index is 0.0000211. The topological polar surface area (TPSA) is 271 Å². The summed E-state index contributed by atoms with van der Waals surface area (Å²) in [5, 5.41) is 22.7. The molecular formula is C41H62FLuN7O15. The summed E-state index contributed by atoms with van der Waals surface area (Å²) in [6, 6.07) is 3.27. The summed E-state index contributed by atoms with van der Waals surface area (Å²) in [6.07, 6.45) is 0.988. The van der Waals surface area contributed by atoms with Crippen LogP contribution < -0.4 is 10.6 Å². The maximum absolute atomic E-state index is 13.6. The number of ketones is 1. The second-order valence-electron chi connectivity index (χ2n) is 15.0. The van der Waals surface area contributed by atoms with Crippen LogP contribution in [-0.2, 0) is 63.8 Å². The Morgan fingerprint density at radius 2 is 1.18 bits per heavy atom. The Hall–Kier alpha value is -4.55. The summed E-state index contributed by atoms with van der Waals surface area (Å²) in [4.78, 5) is 115. The summed E-state index contributed by atoms with van der Waals surface area (Å²) in [7, 11) is 0. The SMILES string of the molecule is O=COCN1CCN(COC=O)CCN(CC(=O)CCCCCC(=O)N(CCCCC(NC(=O)NC(CCC(=O)O)C(=O)O)OC=O)Cc2ccc([18F])cc2)CCN(COC=O)CC1.[177Lu]. The van der Waals surface area contributed by atoms with E-state index in [4.69, 9.17) is 24.1 Å². The zero-order chi connectivity index (χ0) is 47.0. The molecule has 0 saturated carbocycles. The van der Waals surface area contributed by atoms with E-state index >= 15 is 0 Å². The van der Waals surface area contributed by atoms with E-state index in [1.54, 1.807) is 17.0 Å². The summed E-state index contributed by atoms with van der Waals surface area (Å²) < 4.78 is 33.6. The van der Waals surface area contributed by atoms with Crippen molar-refractivity contribution in [3.63, 3.8) is 0 Å². The van der Waals surface area contributed by atoms with Gasteiger partial charge in [0.2, 0.25) is 5.91 Å². The van der Waals surface area contributed by atoms with E-state index in [1.807, 2.05) is 19.6 Å². The van der Waals surface area contributed by atoms with Gasteiger partial charge in [0.1, 0.15) is 37.8 Å². The molecule has 0 aromatic heterocycles. The van der Waals surface area contributed by atoms with Gasteiger partial charge in [0.15, 0.2) is 6.23 Å². The van der Waals surface area contributed by atoms with E-state index in [-0.39, 0.29) is 121 Å². The molecule has 2 rings (SSSR count). The smallest absolute Gasteiger partial charge is 0.326 e. The number of ether oxygens (including phenoxy) is 4.